The summed E-state index contributed by atoms with van der Waals surface area (Å²) in [7, 11) is -3.82. The number of aromatic nitrogens is 1. The second-order valence-electron chi connectivity index (χ2n) is 6.97. The zero-order chi connectivity index (χ0) is 23.0. The van der Waals surface area contributed by atoms with E-state index in [2.05, 4.69) is 15.6 Å². The van der Waals surface area contributed by atoms with Gasteiger partial charge in [0.15, 0.2) is 5.03 Å². The summed E-state index contributed by atoms with van der Waals surface area (Å²) in [5, 5.41) is 15.9. The molecule has 0 spiro atoms. The van der Waals surface area contributed by atoms with E-state index >= 15 is 0 Å². The standard InChI is InChI=1S/C20H16Cl3N3O4S2/c21-10-1-2-15(12(5-10)20(27)28)25-17-8-18(32(29,30)19-9-31-4-3-24-19)26-16-7-14(23)13(22)6-11(16)17/h1-2,5-8,19,24H,3-4,9H2,(H,25,26)(H,27,28). The summed E-state index contributed by atoms with van der Waals surface area (Å²) in [5.41, 5.74) is 0.783. The molecule has 3 N–H and O–H groups in total. The van der Waals surface area contributed by atoms with Crippen molar-refractivity contribution in [3.63, 3.8) is 0 Å². The summed E-state index contributed by atoms with van der Waals surface area (Å²) < 4.78 is 26.5. The van der Waals surface area contributed by atoms with E-state index in [1.54, 1.807) is 17.8 Å². The number of nitrogens with one attached hydrogen (secondary N) is 2. The van der Waals surface area contributed by atoms with Crippen molar-refractivity contribution in [2.75, 3.05) is 23.4 Å². The molecule has 1 unspecified atom stereocenters. The highest BCUT2D eigenvalue weighted by Crippen LogP contribution is 2.35. The van der Waals surface area contributed by atoms with Crippen LogP contribution in [-0.2, 0) is 9.84 Å². The molecule has 0 radical (unpaired) electrons. The quantitative estimate of drug-likeness (QED) is 0.418. The summed E-state index contributed by atoms with van der Waals surface area (Å²) in [5.74, 6) is 0.0322. The number of carbonyl (C=O) groups is 1. The maximum absolute atomic E-state index is 13.3. The van der Waals surface area contributed by atoms with Crippen molar-refractivity contribution < 1.29 is 18.3 Å². The third kappa shape index (κ3) is 4.64. The molecule has 3 aromatic rings. The fourth-order valence-corrected chi connectivity index (χ4v) is 6.68. The molecule has 32 heavy (non-hydrogen) atoms. The molecule has 12 heteroatoms. The lowest BCUT2D eigenvalue weighted by atomic mass is 10.1. The minimum Gasteiger partial charge on any atom is -0.478 e. The first kappa shape index (κ1) is 23.4. The van der Waals surface area contributed by atoms with E-state index in [1.807, 2.05) is 0 Å². The Labute approximate surface area is 203 Å². The number of sulfone groups is 1. The van der Waals surface area contributed by atoms with Gasteiger partial charge in [0, 0.05) is 28.5 Å². The Morgan fingerprint density at radius 3 is 2.56 bits per heavy atom. The molecule has 0 amide bonds. The van der Waals surface area contributed by atoms with Crippen LogP contribution < -0.4 is 10.6 Å². The number of nitrogens with zero attached hydrogens (tertiary/aromatic N) is 1. The number of hydrogen-bond donors (Lipinski definition) is 3. The van der Waals surface area contributed by atoms with Crippen LogP contribution in [0.3, 0.4) is 0 Å². The second kappa shape index (κ2) is 9.24. The number of halogens is 3. The fraction of sp³-hybridized carbons (Fsp3) is 0.200. The van der Waals surface area contributed by atoms with Crippen LogP contribution in [0.15, 0.2) is 41.4 Å². The maximum atomic E-state index is 13.3. The molecule has 1 fully saturated rings. The number of pyridine rings is 1. The first-order chi connectivity index (χ1) is 15.2. The topological polar surface area (TPSA) is 108 Å². The van der Waals surface area contributed by atoms with Crippen molar-refractivity contribution in [1.82, 2.24) is 10.3 Å². The Morgan fingerprint density at radius 1 is 1.12 bits per heavy atom. The largest absolute Gasteiger partial charge is 0.478 e. The van der Waals surface area contributed by atoms with E-state index in [0.717, 1.165) is 5.75 Å². The molecule has 4 rings (SSSR count). The van der Waals surface area contributed by atoms with Crippen LogP contribution in [0.5, 0.6) is 0 Å². The van der Waals surface area contributed by atoms with Crippen molar-refractivity contribution in [1.29, 1.82) is 0 Å². The molecular formula is C20H16Cl3N3O4S2. The Morgan fingerprint density at radius 2 is 1.88 bits per heavy atom. The second-order valence-corrected chi connectivity index (χ2v) is 11.5. The van der Waals surface area contributed by atoms with Gasteiger partial charge >= 0.3 is 5.97 Å². The van der Waals surface area contributed by atoms with Crippen LogP contribution in [0.1, 0.15) is 10.4 Å². The Kier molecular flexibility index (Phi) is 6.76. The number of carboxylic acids is 1. The predicted octanol–water partition coefficient (Wildman–Crippen LogP) is 5.07. The number of thioether (sulfide) groups is 1. The molecule has 1 aliphatic heterocycles. The molecule has 7 nitrogen and oxygen atoms in total. The minimum absolute atomic E-state index is 0.0720. The summed E-state index contributed by atoms with van der Waals surface area (Å²) >= 11 is 19.8. The third-order valence-corrected chi connectivity index (χ3v) is 8.97. The Hall–Kier alpha value is -1.75. The first-order valence-corrected chi connectivity index (χ1v) is 13.1. The zero-order valence-electron chi connectivity index (χ0n) is 16.2. The number of anilines is 2. The van der Waals surface area contributed by atoms with E-state index in [1.165, 1.54) is 30.3 Å². The highest BCUT2D eigenvalue weighted by atomic mass is 35.5. The lowest BCUT2D eigenvalue weighted by molar-refractivity contribution is 0.0698. The molecule has 0 saturated carbocycles. The Bertz CT molecular complexity index is 1330. The zero-order valence-corrected chi connectivity index (χ0v) is 20.1. The minimum atomic E-state index is -3.82. The summed E-state index contributed by atoms with van der Waals surface area (Å²) in [6.45, 7) is 0.571. The van der Waals surface area contributed by atoms with Gasteiger partial charge in [-0.3, -0.25) is 5.32 Å². The van der Waals surface area contributed by atoms with Crippen molar-refractivity contribution in [2.24, 2.45) is 0 Å². The average Bonchev–Trinajstić information content (AvgIpc) is 2.76. The van der Waals surface area contributed by atoms with Crippen LogP contribution in [0.4, 0.5) is 11.4 Å². The molecule has 2 heterocycles. The van der Waals surface area contributed by atoms with E-state index < -0.39 is 21.2 Å². The lowest BCUT2D eigenvalue weighted by Crippen LogP contribution is -2.43. The summed E-state index contributed by atoms with van der Waals surface area (Å²) in [6.07, 6.45) is 0. The van der Waals surface area contributed by atoms with Gasteiger partial charge in [-0.15, -0.1) is 0 Å². The molecule has 2 aromatic carbocycles. The van der Waals surface area contributed by atoms with Crippen molar-refractivity contribution >= 4 is 84.6 Å². The molecule has 1 aromatic heterocycles. The molecular weight excluding hydrogens is 517 g/mol. The average molecular weight is 533 g/mol. The van der Waals surface area contributed by atoms with Crippen molar-refractivity contribution in [2.45, 2.75) is 10.4 Å². The van der Waals surface area contributed by atoms with Gasteiger partial charge < -0.3 is 10.4 Å². The Balaban J connectivity index is 1.89. The molecule has 168 valence electrons. The monoisotopic (exact) mass is 531 g/mol. The van der Waals surface area contributed by atoms with Gasteiger partial charge in [-0.1, -0.05) is 34.8 Å². The smallest absolute Gasteiger partial charge is 0.337 e. The van der Waals surface area contributed by atoms with E-state index in [4.69, 9.17) is 34.8 Å². The SMILES string of the molecule is O=C(O)c1cc(Cl)ccc1Nc1cc(S(=O)(=O)C2CSCCN2)nc2cc(Cl)c(Cl)cc12. The van der Waals surface area contributed by atoms with Crippen LogP contribution in [-0.4, -0.2) is 47.9 Å². The van der Waals surface area contributed by atoms with Crippen molar-refractivity contribution in [3.05, 3.63) is 57.0 Å². The first-order valence-electron chi connectivity index (χ1n) is 9.31. The van der Waals surface area contributed by atoms with Gasteiger partial charge in [0.25, 0.3) is 0 Å². The molecule has 1 saturated heterocycles. The van der Waals surface area contributed by atoms with Gasteiger partial charge in [-0.2, -0.15) is 11.8 Å². The summed E-state index contributed by atoms with van der Waals surface area (Å²) in [6, 6.07) is 8.75. The van der Waals surface area contributed by atoms with Crippen LogP contribution >= 0.6 is 46.6 Å². The highest BCUT2D eigenvalue weighted by Gasteiger charge is 2.31. The van der Waals surface area contributed by atoms with E-state index in [0.29, 0.717) is 28.9 Å². The number of hydrogen-bond acceptors (Lipinski definition) is 7. The highest BCUT2D eigenvalue weighted by molar-refractivity contribution is 8.01. The molecule has 0 bridgehead atoms. The maximum Gasteiger partial charge on any atom is 0.337 e. The number of aromatic carboxylic acids is 1. The van der Waals surface area contributed by atoms with Crippen LogP contribution in [0, 0.1) is 0 Å². The number of carboxylic acid groups (broad SMARTS) is 1. The predicted molar refractivity (Wildman–Crippen MR) is 130 cm³/mol. The van der Waals surface area contributed by atoms with Gasteiger partial charge in [0.2, 0.25) is 9.84 Å². The fourth-order valence-electron chi connectivity index (χ4n) is 3.28. The number of rotatable bonds is 5. The van der Waals surface area contributed by atoms with Gasteiger partial charge in [0.1, 0.15) is 5.37 Å². The number of benzene rings is 2. The lowest BCUT2D eigenvalue weighted by Gasteiger charge is -2.23. The van der Waals surface area contributed by atoms with Crippen LogP contribution in [0.25, 0.3) is 10.9 Å². The normalized spacial score (nSPS) is 16.8. The third-order valence-electron chi connectivity index (χ3n) is 4.86. The number of fused-ring (bicyclic) bond motifs is 1. The molecule has 0 aliphatic carbocycles. The molecule has 1 aliphatic rings. The van der Waals surface area contributed by atoms with Gasteiger partial charge in [0.05, 0.1) is 32.5 Å². The van der Waals surface area contributed by atoms with Gasteiger partial charge in [-0.05, 0) is 36.4 Å². The van der Waals surface area contributed by atoms with E-state index in [-0.39, 0.29) is 31.3 Å². The van der Waals surface area contributed by atoms with E-state index in [9.17, 15) is 18.3 Å². The molecule has 1 atom stereocenters. The van der Waals surface area contributed by atoms with Gasteiger partial charge in [-0.25, -0.2) is 18.2 Å². The van der Waals surface area contributed by atoms with Crippen LogP contribution in [0.2, 0.25) is 15.1 Å². The summed E-state index contributed by atoms with van der Waals surface area (Å²) in [4.78, 5) is 16.0. The van der Waals surface area contributed by atoms with Crippen molar-refractivity contribution in [3.8, 4) is 0 Å².